The average Bonchev–Trinajstić information content (AvgIpc) is 3.13. The van der Waals surface area contributed by atoms with Gasteiger partial charge in [-0.2, -0.15) is 5.26 Å². The number of nitrogens with zero attached hydrogens (tertiary/aromatic N) is 1. The number of nitriles is 1. The Morgan fingerprint density at radius 3 is 2.32 bits per heavy atom. The second-order valence-electron chi connectivity index (χ2n) is 8.92. The predicted octanol–water partition coefficient (Wildman–Crippen LogP) is 6.99. The molecule has 1 aliphatic rings. The lowest BCUT2D eigenvalue weighted by Crippen LogP contribution is -2.48. The van der Waals surface area contributed by atoms with Gasteiger partial charge in [-0.3, -0.25) is 0 Å². The first-order valence-electron chi connectivity index (χ1n) is 10.8. The lowest BCUT2D eigenvalue weighted by atomic mass is 9.82. The van der Waals surface area contributed by atoms with Crippen molar-refractivity contribution in [3.05, 3.63) is 94.0 Å². The number of hydrogen-bond donors (Lipinski definition) is 2. The fourth-order valence-electron chi connectivity index (χ4n) is 4.44. The van der Waals surface area contributed by atoms with Gasteiger partial charge in [-0.15, -0.1) is 0 Å². The molecule has 3 aromatic carbocycles. The van der Waals surface area contributed by atoms with Crippen molar-refractivity contribution >= 4 is 23.0 Å². The molecule has 3 nitrogen and oxygen atoms in total. The van der Waals surface area contributed by atoms with Crippen LogP contribution >= 0.6 is 11.6 Å². The van der Waals surface area contributed by atoms with Crippen LogP contribution in [0.1, 0.15) is 48.9 Å². The molecule has 31 heavy (non-hydrogen) atoms. The molecule has 0 fully saturated rings. The van der Waals surface area contributed by atoms with Crippen molar-refractivity contribution in [2.75, 3.05) is 10.6 Å². The molecular weight excluding hydrogens is 402 g/mol. The molecule has 1 heterocycles. The standard InChI is InChI=1S/C27H28ClN3/c1-18(2)14-20-8-11-22(12-9-20)19(3)27(16-23-6-4-5-7-24(23)28)30-25-13-10-21(17-29)15-26(25)31-27/h4-13,15,18-19,30-31H,14,16H2,1-3H3. The molecule has 0 saturated carbocycles. The van der Waals surface area contributed by atoms with Crippen molar-refractivity contribution in [1.29, 1.82) is 5.26 Å². The largest absolute Gasteiger partial charge is 0.360 e. The van der Waals surface area contributed by atoms with Crippen LogP contribution in [-0.2, 0) is 12.8 Å². The molecule has 1 aliphatic heterocycles. The number of hydrogen-bond acceptors (Lipinski definition) is 3. The number of rotatable bonds is 6. The molecule has 2 atom stereocenters. The van der Waals surface area contributed by atoms with Crippen LogP contribution in [0.5, 0.6) is 0 Å². The zero-order valence-electron chi connectivity index (χ0n) is 18.2. The summed E-state index contributed by atoms with van der Waals surface area (Å²) in [7, 11) is 0. The number of nitrogens with one attached hydrogen (secondary N) is 2. The van der Waals surface area contributed by atoms with E-state index < -0.39 is 5.66 Å². The van der Waals surface area contributed by atoms with Crippen LogP contribution in [0.15, 0.2) is 66.7 Å². The van der Waals surface area contributed by atoms with Crippen LogP contribution in [0.2, 0.25) is 5.02 Å². The third-order valence-corrected chi connectivity index (χ3v) is 6.52. The monoisotopic (exact) mass is 429 g/mol. The molecule has 158 valence electrons. The van der Waals surface area contributed by atoms with Gasteiger partial charge in [0.1, 0.15) is 5.66 Å². The van der Waals surface area contributed by atoms with Crippen molar-refractivity contribution in [3.63, 3.8) is 0 Å². The Morgan fingerprint density at radius 2 is 1.65 bits per heavy atom. The van der Waals surface area contributed by atoms with E-state index in [1.54, 1.807) is 0 Å². The highest BCUT2D eigenvalue weighted by molar-refractivity contribution is 6.31. The first-order chi connectivity index (χ1) is 14.9. The Kier molecular flexibility index (Phi) is 5.94. The van der Waals surface area contributed by atoms with Gasteiger partial charge in [-0.1, -0.05) is 74.8 Å². The molecule has 0 aromatic heterocycles. The van der Waals surface area contributed by atoms with Crippen LogP contribution in [0, 0.1) is 17.2 Å². The van der Waals surface area contributed by atoms with Gasteiger partial charge in [0.2, 0.25) is 0 Å². The average molecular weight is 430 g/mol. The van der Waals surface area contributed by atoms with Crippen LogP contribution < -0.4 is 10.6 Å². The highest BCUT2D eigenvalue weighted by Crippen LogP contribution is 2.44. The van der Waals surface area contributed by atoms with E-state index in [-0.39, 0.29) is 5.92 Å². The van der Waals surface area contributed by atoms with Crippen LogP contribution in [-0.4, -0.2) is 5.66 Å². The van der Waals surface area contributed by atoms with Crippen LogP contribution in [0.3, 0.4) is 0 Å². The lowest BCUT2D eigenvalue weighted by molar-refractivity contribution is 0.455. The molecule has 0 spiro atoms. The minimum atomic E-state index is -0.457. The van der Waals surface area contributed by atoms with E-state index in [0.29, 0.717) is 17.9 Å². The topological polar surface area (TPSA) is 47.9 Å². The van der Waals surface area contributed by atoms with Gasteiger partial charge in [-0.25, -0.2) is 0 Å². The van der Waals surface area contributed by atoms with Crippen molar-refractivity contribution in [1.82, 2.24) is 0 Å². The predicted molar refractivity (Wildman–Crippen MR) is 130 cm³/mol. The third-order valence-electron chi connectivity index (χ3n) is 6.15. The van der Waals surface area contributed by atoms with E-state index >= 15 is 0 Å². The summed E-state index contributed by atoms with van der Waals surface area (Å²) in [6, 6.07) is 24.9. The molecule has 0 amide bonds. The molecular formula is C27H28ClN3. The number of benzene rings is 3. The van der Waals surface area contributed by atoms with E-state index in [2.05, 4.69) is 67.8 Å². The first kappa shape index (κ1) is 21.3. The molecule has 2 unspecified atom stereocenters. The summed E-state index contributed by atoms with van der Waals surface area (Å²) in [5, 5.41) is 17.6. The summed E-state index contributed by atoms with van der Waals surface area (Å²) in [6.07, 6.45) is 1.79. The molecule has 3 aromatic rings. The molecule has 0 aliphatic carbocycles. The first-order valence-corrected chi connectivity index (χ1v) is 11.2. The number of anilines is 2. The number of halogens is 1. The molecule has 2 N–H and O–H groups in total. The maximum atomic E-state index is 9.33. The van der Waals surface area contributed by atoms with E-state index in [9.17, 15) is 5.26 Å². The van der Waals surface area contributed by atoms with E-state index in [0.717, 1.165) is 28.4 Å². The van der Waals surface area contributed by atoms with Gasteiger partial charge in [0.05, 0.1) is 23.0 Å². The normalized spacial score (nSPS) is 18.1. The fourth-order valence-corrected chi connectivity index (χ4v) is 4.64. The Bertz CT molecular complexity index is 1110. The van der Waals surface area contributed by atoms with E-state index in [4.69, 9.17) is 11.6 Å². The molecule has 4 rings (SSSR count). The summed E-state index contributed by atoms with van der Waals surface area (Å²) in [5.41, 5.74) is 5.85. The molecule has 0 radical (unpaired) electrons. The van der Waals surface area contributed by atoms with E-state index in [1.165, 1.54) is 11.1 Å². The number of fused-ring (bicyclic) bond motifs is 1. The summed E-state index contributed by atoms with van der Waals surface area (Å²) < 4.78 is 0. The fraction of sp³-hybridized carbons (Fsp3) is 0.296. The smallest absolute Gasteiger partial charge is 0.119 e. The Morgan fingerprint density at radius 1 is 0.935 bits per heavy atom. The minimum absolute atomic E-state index is 0.148. The van der Waals surface area contributed by atoms with Crippen molar-refractivity contribution in [2.24, 2.45) is 5.92 Å². The van der Waals surface area contributed by atoms with E-state index in [1.807, 2.05) is 36.4 Å². The van der Waals surface area contributed by atoms with Crippen LogP contribution in [0.4, 0.5) is 11.4 Å². The zero-order chi connectivity index (χ0) is 22.0. The summed E-state index contributed by atoms with van der Waals surface area (Å²) in [6.45, 7) is 6.73. The third kappa shape index (κ3) is 4.40. The van der Waals surface area contributed by atoms with Gasteiger partial charge >= 0.3 is 0 Å². The second kappa shape index (κ2) is 8.65. The summed E-state index contributed by atoms with van der Waals surface area (Å²) in [5.74, 6) is 0.784. The van der Waals surface area contributed by atoms with Crippen molar-refractivity contribution < 1.29 is 0 Å². The zero-order valence-corrected chi connectivity index (χ0v) is 19.0. The summed E-state index contributed by atoms with van der Waals surface area (Å²) >= 11 is 6.54. The molecule has 0 bridgehead atoms. The summed E-state index contributed by atoms with van der Waals surface area (Å²) in [4.78, 5) is 0. The Hall–Kier alpha value is -2.96. The quantitative estimate of drug-likeness (QED) is 0.443. The maximum absolute atomic E-state index is 9.33. The Balaban J connectivity index is 1.71. The van der Waals surface area contributed by atoms with Gasteiger partial charge in [0, 0.05) is 17.4 Å². The molecule has 0 saturated heterocycles. The Labute approximate surface area is 190 Å². The van der Waals surface area contributed by atoms with Crippen molar-refractivity contribution in [2.45, 2.75) is 45.2 Å². The van der Waals surface area contributed by atoms with Gasteiger partial charge in [0.15, 0.2) is 0 Å². The SMILES string of the molecule is CC(C)Cc1ccc(C(C)C2(Cc3ccccc3Cl)Nc3ccc(C#N)cc3N2)cc1. The van der Waals surface area contributed by atoms with Gasteiger partial charge in [0.25, 0.3) is 0 Å². The highest BCUT2D eigenvalue weighted by atomic mass is 35.5. The van der Waals surface area contributed by atoms with Crippen molar-refractivity contribution in [3.8, 4) is 6.07 Å². The van der Waals surface area contributed by atoms with Gasteiger partial charge in [-0.05, 0) is 53.3 Å². The maximum Gasteiger partial charge on any atom is 0.119 e. The highest BCUT2D eigenvalue weighted by Gasteiger charge is 2.42. The minimum Gasteiger partial charge on any atom is -0.360 e. The molecule has 4 heteroatoms. The van der Waals surface area contributed by atoms with Crippen LogP contribution in [0.25, 0.3) is 0 Å². The van der Waals surface area contributed by atoms with Gasteiger partial charge < -0.3 is 10.6 Å². The lowest BCUT2D eigenvalue weighted by Gasteiger charge is -2.38. The second-order valence-corrected chi connectivity index (χ2v) is 9.33.